The van der Waals surface area contributed by atoms with Crippen LogP contribution in [-0.4, -0.2) is 30.5 Å². The normalized spacial score (nSPS) is 12.5. The van der Waals surface area contributed by atoms with E-state index < -0.39 is 0 Å². The standard InChI is InChI=1S/C13H13N5OS2/c1-7(12-17-15-8(2)21-12)20-13-14-11(16-18-13)9-5-3-4-6-10(9)19/h3-7,19H,1-2H3,(H,14,16,18)/t7-/m0/s1. The first-order valence-corrected chi connectivity index (χ1v) is 8.00. The first-order valence-electron chi connectivity index (χ1n) is 6.31. The third-order valence-electron chi connectivity index (χ3n) is 2.80. The van der Waals surface area contributed by atoms with Crippen molar-refractivity contribution in [2.45, 2.75) is 24.3 Å². The van der Waals surface area contributed by atoms with Gasteiger partial charge in [-0.2, -0.15) is 0 Å². The van der Waals surface area contributed by atoms with Gasteiger partial charge < -0.3 is 5.11 Å². The van der Waals surface area contributed by atoms with Crippen LogP contribution in [0.25, 0.3) is 11.4 Å². The average Bonchev–Trinajstić information content (AvgIpc) is 3.08. The summed E-state index contributed by atoms with van der Waals surface area (Å²) in [7, 11) is 0. The van der Waals surface area contributed by atoms with Crippen molar-refractivity contribution in [1.29, 1.82) is 0 Å². The fourth-order valence-electron chi connectivity index (χ4n) is 1.78. The molecule has 0 spiro atoms. The van der Waals surface area contributed by atoms with Crippen LogP contribution >= 0.6 is 23.1 Å². The molecule has 0 saturated carbocycles. The van der Waals surface area contributed by atoms with Crippen LogP contribution < -0.4 is 0 Å². The number of aromatic nitrogens is 5. The number of aromatic amines is 1. The Morgan fingerprint density at radius 3 is 2.81 bits per heavy atom. The summed E-state index contributed by atoms with van der Waals surface area (Å²) < 4.78 is 0. The molecule has 0 aliphatic rings. The van der Waals surface area contributed by atoms with Crippen molar-refractivity contribution < 1.29 is 5.11 Å². The largest absolute Gasteiger partial charge is 0.507 e. The summed E-state index contributed by atoms with van der Waals surface area (Å²) in [5.41, 5.74) is 0.635. The topological polar surface area (TPSA) is 87.6 Å². The number of nitrogens with zero attached hydrogens (tertiary/aromatic N) is 4. The van der Waals surface area contributed by atoms with Crippen LogP contribution in [0, 0.1) is 6.92 Å². The summed E-state index contributed by atoms with van der Waals surface area (Å²) >= 11 is 3.08. The van der Waals surface area contributed by atoms with Gasteiger partial charge in [-0.15, -0.1) is 26.6 Å². The highest BCUT2D eigenvalue weighted by Crippen LogP contribution is 2.35. The lowest BCUT2D eigenvalue weighted by molar-refractivity contribution is 0.477. The number of hydrogen-bond donors (Lipinski definition) is 2. The molecule has 1 atom stereocenters. The maximum atomic E-state index is 9.82. The predicted octanol–water partition coefficient (Wildman–Crippen LogP) is 3.19. The molecule has 0 bridgehead atoms. The van der Waals surface area contributed by atoms with Crippen molar-refractivity contribution >= 4 is 23.1 Å². The van der Waals surface area contributed by atoms with E-state index in [1.807, 2.05) is 19.9 Å². The van der Waals surface area contributed by atoms with Crippen molar-refractivity contribution in [3.8, 4) is 17.1 Å². The van der Waals surface area contributed by atoms with E-state index in [1.165, 1.54) is 11.8 Å². The molecule has 1 aromatic carbocycles. The summed E-state index contributed by atoms with van der Waals surface area (Å²) in [4.78, 5) is 4.41. The van der Waals surface area contributed by atoms with Gasteiger partial charge in [-0.3, -0.25) is 5.10 Å². The Morgan fingerprint density at radius 2 is 2.10 bits per heavy atom. The summed E-state index contributed by atoms with van der Waals surface area (Å²) in [6.45, 7) is 3.97. The number of benzene rings is 1. The van der Waals surface area contributed by atoms with E-state index in [4.69, 9.17) is 0 Å². The maximum Gasteiger partial charge on any atom is 0.209 e. The van der Waals surface area contributed by atoms with E-state index in [1.54, 1.807) is 29.5 Å². The van der Waals surface area contributed by atoms with Crippen LogP contribution in [0.2, 0.25) is 0 Å². The van der Waals surface area contributed by atoms with Gasteiger partial charge in [0.1, 0.15) is 15.8 Å². The number of nitrogens with one attached hydrogen (secondary N) is 1. The number of hydrogen-bond acceptors (Lipinski definition) is 7. The molecule has 2 N–H and O–H groups in total. The Labute approximate surface area is 129 Å². The summed E-state index contributed by atoms with van der Waals surface area (Å²) in [5, 5.41) is 27.6. The van der Waals surface area contributed by atoms with Crippen molar-refractivity contribution in [1.82, 2.24) is 25.4 Å². The molecule has 108 valence electrons. The monoisotopic (exact) mass is 319 g/mol. The van der Waals surface area contributed by atoms with Crippen molar-refractivity contribution in [3.63, 3.8) is 0 Å². The fraction of sp³-hybridized carbons (Fsp3) is 0.231. The second-order valence-corrected chi connectivity index (χ2v) is 6.92. The van der Waals surface area contributed by atoms with Gasteiger partial charge in [-0.05, 0) is 26.0 Å². The lowest BCUT2D eigenvalue weighted by Crippen LogP contribution is -1.88. The molecule has 2 heterocycles. The van der Waals surface area contributed by atoms with E-state index in [-0.39, 0.29) is 11.0 Å². The third kappa shape index (κ3) is 3.06. The van der Waals surface area contributed by atoms with Crippen LogP contribution in [0.15, 0.2) is 29.4 Å². The molecule has 0 aliphatic heterocycles. The van der Waals surface area contributed by atoms with E-state index in [9.17, 15) is 5.11 Å². The number of aryl methyl sites for hydroxylation is 1. The number of rotatable bonds is 4. The van der Waals surface area contributed by atoms with Gasteiger partial charge >= 0.3 is 0 Å². The predicted molar refractivity (Wildman–Crippen MR) is 82.4 cm³/mol. The second-order valence-electron chi connectivity index (χ2n) is 4.40. The van der Waals surface area contributed by atoms with Crippen molar-refractivity contribution in [2.75, 3.05) is 0 Å². The van der Waals surface area contributed by atoms with Gasteiger partial charge in [0.25, 0.3) is 0 Å². The van der Waals surface area contributed by atoms with Crippen LogP contribution in [0.1, 0.15) is 22.2 Å². The lowest BCUT2D eigenvalue weighted by Gasteiger charge is -2.02. The molecule has 0 saturated heterocycles. The molecule has 2 aromatic heterocycles. The molecule has 3 aromatic rings. The minimum Gasteiger partial charge on any atom is -0.507 e. The molecule has 0 fully saturated rings. The molecule has 8 heteroatoms. The van der Waals surface area contributed by atoms with Gasteiger partial charge in [0, 0.05) is 0 Å². The van der Waals surface area contributed by atoms with Gasteiger partial charge in [-0.1, -0.05) is 23.9 Å². The highest BCUT2D eigenvalue weighted by molar-refractivity contribution is 7.99. The molecule has 3 rings (SSSR count). The summed E-state index contributed by atoms with van der Waals surface area (Å²) in [6.07, 6.45) is 0. The van der Waals surface area contributed by atoms with Crippen LogP contribution in [0.4, 0.5) is 0 Å². The lowest BCUT2D eigenvalue weighted by atomic mass is 10.2. The number of phenolic OH excluding ortho intramolecular Hbond substituents is 1. The minimum atomic E-state index is 0.129. The fourth-order valence-corrected chi connectivity index (χ4v) is 3.41. The number of H-pyrrole nitrogens is 1. The van der Waals surface area contributed by atoms with Crippen LogP contribution in [0.3, 0.4) is 0 Å². The van der Waals surface area contributed by atoms with E-state index in [0.29, 0.717) is 16.5 Å². The molecular formula is C13H13N5OS2. The van der Waals surface area contributed by atoms with Gasteiger partial charge in [0.15, 0.2) is 5.82 Å². The zero-order valence-corrected chi connectivity index (χ0v) is 13.1. The van der Waals surface area contributed by atoms with Crippen molar-refractivity contribution in [2.24, 2.45) is 0 Å². The molecule has 0 aliphatic carbocycles. The van der Waals surface area contributed by atoms with Crippen LogP contribution in [0.5, 0.6) is 5.75 Å². The van der Waals surface area contributed by atoms with Gasteiger partial charge in [0.05, 0.1) is 10.8 Å². The Kier molecular flexibility index (Phi) is 3.89. The quantitative estimate of drug-likeness (QED) is 0.718. The minimum absolute atomic E-state index is 0.129. The number of para-hydroxylation sites is 1. The van der Waals surface area contributed by atoms with Gasteiger partial charge in [0.2, 0.25) is 5.16 Å². The van der Waals surface area contributed by atoms with Crippen molar-refractivity contribution in [3.05, 3.63) is 34.3 Å². The molecule has 21 heavy (non-hydrogen) atoms. The van der Waals surface area contributed by atoms with Gasteiger partial charge in [-0.25, -0.2) is 4.98 Å². The smallest absolute Gasteiger partial charge is 0.209 e. The second kappa shape index (κ2) is 5.82. The molecule has 0 radical (unpaired) electrons. The first-order chi connectivity index (χ1) is 10.1. The maximum absolute atomic E-state index is 9.82. The molecular weight excluding hydrogens is 306 g/mol. The third-order valence-corrected chi connectivity index (χ3v) is 4.94. The Hall–Kier alpha value is -1.93. The Balaban J connectivity index is 1.78. The molecule has 0 unspecified atom stereocenters. The Morgan fingerprint density at radius 1 is 1.29 bits per heavy atom. The molecule has 6 nitrogen and oxygen atoms in total. The SMILES string of the molecule is Cc1nnc([C@H](C)Sc2n[nH]c(-c3ccccc3O)n2)s1. The average molecular weight is 319 g/mol. The Bertz CT molecular complexity index is 754. The van der Waals surface area contributed by atoms with E-state index in [0.717, 1.165) is 10.0 Å². The zero-order valence-electron chi connectivity index (χ0n) is 11.4. The number of aromatic hydroxyl groups is 1. The zero-order chi connectivity index (χ0) is 14.8. The number of thioether (sulfide) groups is 1. The number of phenols is 1. The first kappa shape index (κ1) is 14.0. The van der Waals surface area contributed by atoms with E-state index in [2.05, 4.69) is 25.4 Å². The highest BCUT2D eigenvalue weighted by atomic mass is 32.2. The summed E-state index contributed by atoms with van der Waals surface area (Å²) in [6, 6.07) is 7.03. The highest BCUT2D eigenvalue weighted by Gasteiger charge is 2.16. The summed E-state index contributed by atoms with van der Waals surface area (Å²) in [5.74, 6) is 0.731. The van der Waals surface area contributed by atoms with Crippen LogP contribution in [-0.2, 0) is 0 Å². The van der Waals surface area contributed by atoms with E-state index >= 15 is 0 Å². The molecule has 0 amide bonds.